The van der Waals surface area contributed by atoms with Crippen molar-refractivity contribution >= 4 is 0 Å². The van der Waals surface area contributed by atoms with Crippen molar-refractivity contribution in [2.24, 2.45) is 13.0 Å². The van der Waals surface area contributed by atoms with E-state index in [1.807, 2.05) is 11.7 Å². The van der Waals surface area contributed by atoms with E-state index >= 15 is 0 Å². The summed E-state index contributed by atoms with van der Waals surface area (Å²) >= 11 is 0. The lowest BCUT2D eigenvalue weighted by atomic mass is 9.89. The summed E-state index contributed by atoms with van der Waals surface area (Å²) in [5, 5.41) is 8.00. The number of ether oxygens (including phenoxy) is 1. The SMILES string of the molecule is CNC(Cc1c(C)nn(C)c1C)CC1CCOCC1. The van der Waals surface area contributed by atoms with E-state index in [2.05, 4.69) is 31.3 Å². The summed E-state index contributed by atoms with van der Waals surface area (Å²) < 4.78 is 7.43. The number of nitrogens with zero attached hydrogens (tertiary/aromatic N) is 2. The molecule has 1 N–H and O–H groups in total. The first kappa shape index (κ1) is 14.5. The summed E-state index contributed by atoms with van der Waals surface area (Å²) in [6, 6.07) is 0.546. The standard InChI is InChI=1S/C15H27N3O/c1-11-15(12(2)18(4)17-11)10-14(16-3)9-13-5-7-19-8-6-13/h13-14,16H,5-10H2,1-4H3. The van der Waals surface area contributed by atoms with Gasteiger partial charge >= 0.3 is 0 Å². The topological polar surface area (TPSA) is 39.1 Å². The number of hydrogen-bond acceptors (Lipinski definition) is 3. The van der Waals surface area contributed by atoms with Gasteiger partial charge in [0.05, 0.1) is 5.69 Å². The maximum absolute atomic E-state index is 5.44. The van der Waals surface area contributed by atoms with Crippen molar-refractivity contribution in [1.82, 2.24) is 15.1 Å². The summed E-state index contributed by atoms with van der Waals surface area (Å²) in [5.74, 6) is 0.809. The zero-order chi connectivity index (χ0) is 13.8. The van der Waals surface area contributed by atoms with Crippen LogP contribution in [0.5, 0.6) is 0 Å². The summed E-state index contributed by atoms with van der Waals surface area (Å²) in [5.41, 5.74) is 3.88. The second-order valence-electron chi connectivity index (χ2n) is 5.75. The molecule has 1 fully saturated rings. The van der Waals surface area contributed by atoms with Gasteiger partial charge < -0.3 is 10.1 Å². The van der Waals surface area contributed by atoms with Crippen molar-refractivity contribution in [2.45, 2.75) is 45.6 Å². The summed E-state index contributed by atoms with van der Waals surface area (Å²) in [4.78, 5) is 0. The Balaban J connectivity index is 1.98. The third-order valence-corrected chi connectivity index (χ3v) is 4.48. The molecular weight excluding hydrogens is 238 g/mol. The highest BCUT2D eigenvalue weighted by molar-refractivity contribution is 5.25. The quantitative estimate of drug-likeness (QED) is 0.885. The van der Waals surface area contributed by atoms with E-state index < -0.39 is 0 Å². The van der Waals surface area contributed by atoms with Crippen LogP contribution in [0, 0.1) is 19.8 Å². The Hall–Kier alpha value is -0.870. The Morgan fingerprint density at radius 3 is 2.58 bits per heavy atom. The minimum absolute atomic E-state index is 0.546. The van der Waals surface area contributed by atoms with Crippen LogP contribution in [0.25, 0.3) is 0 Å². The number of likely N-dealkylation sites (N-methyl/N-ethyl adjacent to an activating group) is 1. The van der Waals surface area contributed by atoms with E-state index in [0.29, 0.717) is 6.04 Å². The van der Waals surface area contributed by atoms with Gasteiger partial charge in [0.1, 0.15) is 0 Å². The average molecular weight is 265 g/mol. The van der Waals surface area contributed by atoms with Gasteiger partial charge in [-0.05, 0) is 58.1 Å². The van der Waals surface area contributed by atoms with E-state index in [1.54, 1.807) is 0 Å². The fourth-order valence-electron chi connectivity index (χ4n) is 3.05. The van der Waals surface area contributed by atoms with Crippen molar-refractivity contribution in [3.63, 3.8) is 0 Å². The van der Waals surface area contributed by atoms with Crippen LogP contribution in [0.1, 0.15) is 36.2 Å². The maximum atomic E-state index is 5.44. The summed E-state index contributed by atoms with van der Waals surface area (Å²) in [7, 11) is 4.10. The molecule has 2 heterocycles. The number of hydrogen-bond donors (Lipinski definition) is 1. The average Bonchev–Trinajstić information content (AvgIpc) is 2.65. The molecule has 0 aromatic carbocycles. The second-order valence-corrected chi connectivity index (χ2v) is 5.75. The van der Waals surface area contributed by atoms with Gasteiger partial charge in [-0.3, -0.25) is 4.68 Å². The Labute approximate surface area is 116 Å². The van der Waals surface area contributed by atoms with Gasteiger partial charge in [-0.15, -0.1) is 0 Å². The molecule has 1 aliphatic rings. The fraction of sp³-hybridized carbons (Fsp3) is 0.800. The van der Waals surface area contributed by atoms with E-state index in [1.165, 1.54) is 36.2 Å². The van der Waals surface area contributed by atoms with Gasteiger partial charge in [-0.25, -0.2) is 0 Å². The molecule has 19 heavy (non-hydrogen) atoms. The minimum Gasteiger partial charge on any atom is -0.381 e. The second kappa shape index (κ2) is 6.53. The molecule has 0 bridgehead atoms. The van der Waals surface area contributed by atoms with E-state index in [9.17, 15) is 0 Å². The van der Waals surface area contributed by atoms with Crippen LogP contribution in [0.15, 0.2) is 0 Å². The lowest BCUT2D eigenvalue weighted by molar-refractivity contribution is 0.0608. The molecule has 1 aliphatic heterocycles. The van der Waals surface area contributed by atoms with E-state index in [0.717, 1.165) is 25.6 Å². The minimum atomic E-state index is 0.546. The monoisotopic (exact) mass is 265 g/mol. The van der Waals surface area contributed by atoms with Crippen LogP contribution in [0.2, 0.25) is 0 Å². The number of nitrogens with one attached hydrogen (secondary N) is 1. The molecule has 1 aromatic rings. The first-order valence-electron chi connectivity index (χ1n) is 7.36. The van der Waals surface area contributed by atoms with Gasteiger partial charge in [-0.1, -0.05) is 0 Å². The van der Waals surface area contributed by atoms with Crippen molar-refractivity contribution in [1.29, 1.82) is 0 Å². The van der Waals surface area contributed by atoms with Gasteiger partial charge in [0.25, 0.3) is 0 Å². The zero-order valence-electron chi connectivity index (χ0n) is 12.7. The van der Waals surface area contributed by atoms with Gasteiger partial charge in [0.2, 0.25) is 0 Å². The van der Waals surface area contributed by atoms with Crippen LogP contribution < -0.4 is 5.32 Å². The largest absolute Gasteiger partial charge is 0.381 e. The number of rotatable bonds is 5. The molecule has 2 rings (SSSR count). The predicted octanol–water partition coefficient (Wildman–Crippen LogP) is 1.98. The van der Waals surface area contributed by atoms with Gasteiger partial charge in [0.15, 0.2) is 0 Å². The molecule has 1 aromatic heterocycles. The lowest BCUT2D eigenvalue weighted by Gasteiger charge is -2.26. The molecule has 4 heteroatoms. The molecule has 1 atom stereocenters. The molecule has 4 nitrogen and oxygen atoms in total. The van der Waals surface area contributed by atoms with Crippen molar-refractivity contribution in [3.05, 3.63) is 17.0 Å². The van der Waals surface area contributed by atoms with Crippen molar-refractivity contribution in [2.75, 3.05) is 20.3 Å². The molecule has 1 saturated heterocycles. The Bertz CT molecular complexity index is 408. The predicted molar refractivity (Wildman–Crippen MR) is 77.4 cm³/mol. The Morgan fingerprint density at radius 2 is 2.05 bits per heavy atom. The van der Waals surface area contributed by atoms with E-state index in [4.69, 9.17) is 4.74 Å². The highest BCUT2D eigenvalue weighted by Crippen LogP contribution is 2.23. The van der Waals surface area contributed by atoms with Crippen LogP contribution >= 0.6 is 0 Å². The molecule has 0 radical (unpaired) electrons. The van der Waals surface area contributed by atoms with Crippen LogP contribution in [0.4, 0.5) is 0 Å². The third-order valence-electron chi connectivity index (χ3n) is 4.48. The van der Waals surface area contributed by atoms with Gasteiger partial charge in [0, 0.05) is 32.0 Å². The molecule has 0 saturated carbocycles. The first-order valence-corrected chi connectivity index (χ1v) is 7.36. The number of aromatic nitrogens is 2. The fourth-order valence-corrected chi connectivity index (χ4v) is 3.05. The van der Waals surface area contributed by atoms with E-state index in [-0.39, 0.29) is 0 Å². The highest BCUT2D eigenvalue weighted by Gasteiger charge is 2.20. The third kappa shape index (κ3) is 3.57. The smallest absolute Gasteiger partial charge is 0.0628 e. The van der Waals surface area contributed by atoms with Crippen molar-refractivity contribution < 1.29 is 4.74 Å². The number of aryl methyl sites for hydroxylation is 2. The zero-order valence-corrected chi connectivity index (χ0v) is 12.7. The Morgan fingerprint density at radius 1 is 1.37 bits per heavy atom. The molecular formula is C15H27N3O. The normalized spacial score (nSPS) is 18.7. The summed E-state index contributed by atoms with van der Waals surface area (Å²) in [6.07, 6.45) is 4.75. The first-order chi connectivity index (χ1) is 9.11. The van der Waals surface area contributed by atoms with Crippen LogP contribution in [-0.2, 0) is 18.2 Å². The van der Waals surface area contributed by atoms with Gasteiger partial charge in [-0.2, -0.15) is 5.10 Å². The van der Waals surface area contributed by atoms with Crippen molar-refractivity contribution in [3.8, 4) is 0 Å². The Kier molecular flexibility index (Phi) is 4.99. The molecule has 0 spiro atoms. The summed E-state index contributed by atoms with van der Waals surface area (Å²) in [6.45, 7) is 6.15. The molecule has 108 valence electrons. The van der Waals surface area contributed by atoms with Crippen LogP contribution in [-0.4, -0.2) is 36.1 Å². The highest BCUT2D eigenvalue weighted by atomic mass is 16.5. The molecule has 0 aliphatic carbocycles. The van der Waals surface area contributed by atoms with Crippen LogP contribution in [0.3, 0.4) is 0 Å². The lowest BCUT2D eigenvalue weighted by Crippen LogP contribution is -2.32. The molecule has 0 amide bonds. The molecule has 1 unspecified atom stereocenters. The maximum Gasteiger partial charge on any atom is 0.0628 e.